The van der Waals surface area contributed by atoms with Crippen LogP contribution >= 0.6 is 0 Å². The van der Waals surface area contributed by atoms with Gasteiger partial charge < -0.3 is 4.90 Å². The van der Waals surface area contributed by atoms with Crippen LogP contribution in [-0.2, 0) is 18.4 Å². The predicted octanol–water partition coefficient (Wildman–Crippen LogP) is 1.99. The number of amides is 1. The molecular formula is C17H23N3O2. The first-order chi connectivity index (χ1) is 10.6. The van der Waals surface area contributed by atoms with Gasteiger partial charge in [-0.2, -0.15) is 0 Å². The van der Waals surface area contributed by atoms with E-state index in [1.165, 1.54) is 6.42 Å². The van der Waals surface area contributed by atoms with Gasteiger partial charge in [0.05, 0.1) is 11.0 Å². The Bertz CT molecular complexity index is 744. The number of likely N-dealkylation sites (tertiary alicyclic amines) is 1. The van der Waals surface area contributed by atoms with Crippen molar-refractivity contribution in [2.45, 2.75) is 32.7 Å². The van der Waals surface area contributed by atoms with Crippen molar-refractivity contribution in [3.8, 4) is 0 Å². The van der Waals surface area contributed by atoms with Crippen molar-refractivity contribution in [3.63, 3.8) is 0 Å². The van der Waals surface area contributed by atoms with Crippen molar-refractivity contribution in [2.24, 2.45) is 13.0 Å². The van der Waals surface area contributed by atoms with Gasteiger partial charge in [-0.15, -0.1) is 0 Å². The summed E-state index contributed by atoms with van der Waals surface area (Å²) < 4.78 is 3.35. The first kappa shape index (κ1) is 14.9. The van der Waals surface area contributed by atoms with E-state index in [0.717, 1.165) is 30.5 Å². The van der Waals surface area contributed by atoms with Crippen molar-refractivity contribution in [2.75, 3.05) is 13.1 Å². The van der Waals surface area contributed by atoms with E-state index in [9.17, 15) is 9.59 Å². The van der Waals surface area contributed by atoms with Crippen LogP contribution < -0.4 is 5.69 Å². The molecule has 0 saturated carbocycles. The SMILES string of the molecule is CC1CCCN(C(=O)CCn2c(=O)n(C)c3ccccc32)C1. The number of nitrogens with zero attached hydrogens (tertiary/aromatic N) is 3. The zero-order valence-corrected chi connectivity index (χ0v) is 13.3. The number of carbonyl (C=O) groups is 1. The maximum absolute atomic E-state index is 12.4. The highest BCUT2D eigenvalue weighted by Gasteiger charge is 2.21. The third-order valence-electron chi connectivity index (χ3n) is 4.61. The summed E-state index contributed by atoms with van der Waals surface area (Å²) in [6, 6.07) is 7.71. The average Bonchev–Trinajstić information content (AvgIpc) is 2.77. The van der Waals surface area contributed by atoms with Gasteiger partial charge in [-0.3, -0.25) is 13.9 Å². The molecule has 1 amide bonds. The summed E-state index contributed by atoms with van der Waals surface area (Å²) in [7, 11) is 1.77. The molecule has 1 unspecified atom stereocenters. The van der Waals surface area contributed by atoms with Gasteiger partial charge in [-0.1, -0.05) is 19.1 Å². The number of carbonyl (C=O) groups excluding carboxylic acids is 1. The van der Waals surface area contributed by atoms with Gasteiger partial charge in [-0.05, 0) is 30.9 Å². The van der Waals surface area contributed by atoms with Gasteiger partial charge in [0.1, 0.15) is 0 Å². The third kappa shape index (κ3) is 2.67. The second-order valence-electron chi connectivity index (χ2n) is 6.32. The van der Waals surface area contributed by atoms with E-state index in [1.807, 2.05) is 29.2 Å². The fourth-order valence-electron chi connectivity index (χ4n) is 3.36. The van der Waals surface area contributed by atoms with Crippen molar-refractivity contribution in [1.29, 1.82) is 0 Å². The zero-order chi connectivity index (χ0) is 15.7. The van der Waals surface area contributed by atoms with Crippen LogP contribution in [0.25, 0.3) is 11.0 Å². The molecule has 1 fully saturated rings. The minimum absolute atomic E-state index is 0.0546. The lowest BCUT2D eigenvalue weighted by Gasteiger charge is -2.31. The van der Waals surface area contributed by atoms with Crippen LogP contribution in [0, 0.1) is 5.92 Å². The first-order valence-corrected chi connectivity index (χ1v) is 8.00. The maximum Gasteiger partial charge on any atom is 0.328 e. The van der Waals surface area contributed by atoms with Crippen molar-refractivity contribution >= 4 is 16.9 Å². The van der Waals surface area contributed by atoms with Crippen LogP contribution in [-0.4, -0.2) is 33.0 Å². The first-order valence-electron chi connectivity index (χ1n) is 8.00. The van der Waals surface area contributed by atoms with Crippen LogP contribution in [0.3, 0.4) is 0 Å². The number of hydrogen-bond acceptors (Lipinski definition) is 2. The highest BCUT2D eigenvalue weighted by Crippen LogP contribution is 2.17. The number of hydrogen-bond donors (Lipinski definition) is 0. The Kier molecular flexibility index (Phi) is 4.05. The second kappa shape index (κ2) is 5.99. The van der Waals surface area contributed by atoms with Gasteiger partial charge in [0.25, 0.3) is 0 Å². The Morgan fingerprint density at radius 1 is 1.27 bits per heavy atom. The largest absolute Gasteiger partial charge is 0.342 e. The molecule has 2 aromatic rings. The van der Waals surface area contributed by atoms with Crippen molar-refractivity contribution in [1.82, 2.24) is 14.0 Å². The van der Waals surface area contributed by atoms with E-state index in [1.54, 1.807) is 16.2 Å². The Hall–Kier alpha value is -2.04. The average molecular weight is 301 g/mol. The molecule has 1 saturated heterocycles. The zero-order valence-electron chi connectivity index (χ0n) is 13.3. The predicted molar refractivity (Wildman–Crippen MR) is 86.8 cm³/mol. The molecule has 0 radical (unpaired) electrons. The summed E-state index contributed by atoms with van der Waals surface area (Å²) in [5, 5.41) is 0. The molecule has 1 aliphatic heterocycles. The molecular weight excluding hydrogens is 278 g/mol. The lowest BCUT2D eigenvalue weighted by atomic mass is 10.00. The minimum Gasteiger partial charge on any atom is -0.342 e. The number of rotatable bonds is 3. The number of fused-ring (bicyclic) bond motifs is 1. The second-order valence-corrected chi connectivity index (χ2v) is 6.32. The number of imidazole rings is 1. The Labute approximate surface area is 130 Å². The maximum atomic E-state index is 12.4. The normalized spacial score (nSPS) is 18.8. The quantitative estimate of drug-likeness (QED) is 0.870. The molecule has 22 heavy (non-hydrogen) atoms. The smallest absolute Gasteiger partial charge is 0.328 e. The molecule has 1 aliphatic rings. The number of para-hydroxylation sites is 2. The number of aryl methyl sites for hydroxylation is 2. The van der Waals surface area contributed by atoms with Gasteiger partial charge in [-0.25, -0.2) is 4.79 Å². The topological polar surface area (TPSA) is 47.2 Å². The van der Waals surface area contributed by atoms with Crippen LogP contribution in [0.15, 0.2) is 29.1 Å². The minimum atomic E-state index is -0.0546. The summed E-state index contributed by atoms with van der Waals surface area (Å²) in [5.74, 6) is 0.740. The summed E-state index contributed by atoms with van der Waals surface area (Å²) in [5.41, 5.74) is 1.75. The molecule has 0 bridgehead atoms. The molecule has 2 heterocycles. The lowest BCUT2D eigenvalue weighted by Crippen LogP contribution is -2.39. The van der Waals surface area contributed by atoms with E-state index < -0.39 is 0 Å². The van der Waals surface area contributed by atoms with Crippen LogP contribution in [0.5, 0.6) is 0 Å². The molecule has 0 N–H and O–H groups in total. The monoisotopic (exact) mass is 301 g/mol. The summed E-state index contributed by atoms with van der Waals surface area (Å²) in [6.45, 7) is 4.34. The summed E-state index contributed by atoms with van der Waals surface area (Å²) in [4.78, 5) is 26.7. The highest BCUT2D eigenvalue weighted by molar-refractivity contribution is 5.78. The van der Waals surface area contributed by atoms with Gasteiger partial charge >= 0.3 is 5.69 Å². The highest BCUT2D eigenvalue weighted by atomic mass is 16.2. The summed E-state index contributed by atoms with van der Waals surface area (Å²) in [6.07, 6.45) is 2.67. The van der Waals surface area contributed by atoms with Gasteiger partial charge in [0.15, 0.2) is 0 Å². The number of benzene rings is 1. The van der Waals surface area contributed by atoms with Gasteiger partial charge in [0, 0.05) is 33.1 Å². The fraction of sp³-hybridized carbons (Fsp3) is 0.529. The van der Waals surface area contributed by atoms with Crippen LogP contribution in [0.1, 0.15) is 26.2 Å². The molecule has 0 spiro atoms. The molecule has 1 aromatic carbocycles. The van der Waals surface area contributed by atoms with E-state index in [0.29, 0.717) is 18.9 Å². The Morgan fingerprint density at radius 2 is 2.00 bits per heavy atom. The molecule has 1 aromatic heterocycles. The molecule has 1 atom stereocenters. The van der Waals surface area contributed by atoms with Crippen molar-refractivity contribution < 1.29 is 4.79 Å². The molecule has 5 nitrogen and oxygen atoms in total. The van der Waals surface area contributed by atoms with Crippen LogP contribution in [0.2, 0.25) is 0 Å². The van der Waals surface area contributed by atoms with Gasteiger partial charge in [0.2, 0.25) is 5.91 Å². The van der Waals surface area contributed by atoms with E-state index in [4.69, 9.17) is 0 Å². The van der Waals surface area contributed by atoms with Crippen molar-refractivity contribution in [3.05, 3.63) is 34.7 Å². The molecule has 3 rings (SSSR count). The third-order valence-corrected chi connectivity index (χ3v) is 4.61. The lowest BCUT2D eigenvalue weighted by molar-refractivity contribution is -0.133. The molecule has 5 heteroatoms. The molecule has 0 aliphatic carbocycles. The number of piperidine rings is 1. The Morgan fingerprint density at radius 3 is 2.73 bits per heavy atom. The fourth-order valence-corrected chi connectivity index (χ4v) is 3.36. The summed E-state index contributed by atoms with van der Waals surface area (Å²) >= 11 is 0. The standard InChI is InChI=1S/C17H23N3O2/c1-13-6-5-10-19(12-13)16(21)9-11-20-15-8-4-3-7-14(15)18(2)17(20)22/h3-4,7-8,13H,5-6,9-12H2,1-2H3. The number of aromatic nitrogens is 2. The van der Waals surface area contributed by atoms with E-state index in [-0.39, 0.29) is 11.6 Å². The molecule has 118 valence electrons. The van der Waals surface area contributed by atoms with E-state index in [2.05, 4.69) is 6.92 Å². The Balaban J connectivity index is 1.75. The van der Waals surface area contributed by atoms with E-state index >= 15 is 0 Å². The van der Waals surface area contributed by atoms with Crippen LogP contribution in [0.4, 0.5) is 0 Å².